The third-order valence-electron chi connectivity index (χ3n) is 3.84. The highest BCUT2D eigenvalue weighted by atomic mass is 16.5. The van der Waals surface area contributed by atoms with Gasteiger partial charge in [0.2, 0.25) is 5.82 Å². The van der Waals surface area contributed by atoms with E-state index in [9.17, 15) is 5.11 Å². The molecule has 3 aromatic heterocycles. The van der Waals surface area contributed by atoms with E-state index in [2.05, 4.69) is 20.1 Å². The van der Waals surface area contributed by atoms with E-state index in [1.54, 1.807) is 30.5 Å². The molecule has 1 atom stereocenters. The molecule has 0 saturated heterocycles. The van der Waals surface area contributed by atoms with Crippen LogP contribution >= 0.6 is 0 Å². The fourth-order valence-electron chi connectivity index (χ4n) is 2.50. The highest BCUT2D eigenvalue weighted by Crippen LogP contribution is 2.25. The van der Waals surface area contributed by atoms with Crippen molar-refractivity contribution in [2.45, 2.75) is 13.0 Å². The summed E-state index contributed by atoms with van der Waals surface area (Å²) in [4.78, 5) is 13.3. The molecule has 0 bridgehead atoms. The van der Waals surface area contributed by atoms with Crippen LogP contribution in [0.15, 0.2) is 71.4 Å². The number of ether oxygens (including phenoxy) is 1. The van der Waals surface area contributed by atoms with Gasteiger partial charge in [0.25, 0.3) is 5.89 Å². The maximum atomic E-state index is 9.33. The Morgan fingerprint density at radius 2 is 1.67 bits per heavy atom. The SMILES string of the molecule is CC(Oc1ccc(O)cc1)c1nc(-c2cccc(-c3ccccn3)n2)no1. The molecule has 7 nitrogen and oxygen atoms in total. The van der Waals surface area contributed by atoms with E-state index in [4.69, 9.17) is 9.26 Å². The summed E-state index contributed by atoms with van der Waals surface area (Å²) >= 11 is 0. The number of rotatable bonds is 5. The minimum absolute atomic E-state index is 0.175. The van der Waals surface area contributed by atoms with E-state index >= 15 is 0 Å². The Kier molecular flexibility index (Phi) is 4.49. The first-order valence-corrected chi connectivity index (χ1v) is 8.37. The molecule has 0 aliphatic rings. The van der Waals surface area contributed by atoms with Crippen LogP contribution < -0.4 is 4.74 Å². The first-order valence-electron chi connectivity index (χ1n) is 8.37. The van der Waals surface area contributed by atoms with Crippen molar-refractivity contribution in [3.63, 3.8) is 0 Å². The van der Waals surface area contributed by atoms with Crippen LogP contribution in [0, 0.1) is 0 Å². The molecule has 27 heavy (non-hydrogen) atoms. The van der Waals surface area contributed by atoms with Crippen molar-refractivity contribution in [2.75, 3.05) is 0 Å². The van der Waals surface area contributed by atoms with Crippen molar-refractivity contribution in [3.05, 3.63) is 72.8 Å². The quantitative estimate of drug-likeness (QED) is 0.574. The number of hydrogen-bond donors (Lipinski definition) is 1. The minimum Gasteiger partial charge on any atom is -0.508 e. The molecule has 4 aromatic rings. The lowest BCUT2D eigenvalue weighted by atomic mass is 10.2. The van der Waals surface area contributed by atoms with Crippen LogP contribution in [0.1, 0.15) is 18.9 Å². The Balaban J connectivity index is 1.55. The Bertz CT molecular complexity index is 1030. The summed E-state index contributed by atoms with van der Waals surface area (Å²) in [5.74, 6) is 1.48. The largest absolute Gasteiger partial charge is 0.508 e. The lowest BCUT2D eigenvalue weighted by Gasteiger charge is -2.10. The highest BCUT2D eigenvalue weighted by molar-refractivity contribution is 5.59. The van der Waals surface area contributed by atoms with Crippen LogP contribution in [-0.4, -0.2) is 25.2 Å². The van der Waals surface area contributed by atoms with Crippen LogP contribution in [0.25, 0.3) is 22.9 Å². The molecule has 7 heteroatoms. The zero-order valence-corrected chi connectivity index (χ0v) is 14.5. The summed E-state index contributed by atoms with van der Waals surface area (Å²) in [5, 5.41) is 13.3. The van der Waals surface area contributed by atoms with E-state index in [0.29, 0.717) is 23.2 Å². The summed E-state index contributed by atoms with van der Waals surface area (Å²) < 4.78 is 11.1. The molecule has 0 aliphatic heterocycles. The van der Waals surface area contributed by atoms with Gasteiger partial charge in [-0.2, -0.15) is 4.98 Å². The molecule has 1 unspecified atom stereocenters. The Hall–Kier alpha value is -3.74. The van der Waals surface area contributed by atoms with Gasteiger partial charge in [0, 0.05) is 6.20 Å². The second-order valence-corrected chi connectivity index (χ2v) is 5.83. The first kappa shape index (κ1) is 16.7. The molecule has 0 aliphatic carbocycles. The number of phenolic OH excluding ortho intramolecular Hbond substituents is 1. The van der Waals surface area contributed by atoms with E-state index in [1.807, 2.05) is 43.3 Å². The number of benzene rings is 1. The summed E-state index contributed by atoms with van der Waals surface area (Å²) in [5.41, 5.74) is 2.09. The number of nitrogens with zero attached hydrogens (tertiary/aromatic N) is 4. The fourth-order valence-corrected chi connectivity index (χ4v) is 2.50. The van der Waals surface area contributed by atoms with Gasteiger partial charge in [0.1, 0.15) is 17.2 Å². The van der Waals surface area contributed by atoms with Crippen LogP contribution in [-0.2, 0) is 0 Å². The number of phenols is 1. The lowest BCUT2D eigenvalue weighted by molar-refractivity contribution is 0.175. The van der Waals surface area contributed by atoms with E-state index in [0.717, 1.165) is 11.4 Å². The third kappa shape index (κ3) is 3.77. The number of aromatic hydroxyl groups is 1. The van der Waals surface area contributed by atoms with Crippen LogP contribution in [0.2, 0.25) is 0 Å². The third-order valence-corrected chi connectivity index (χ3v) is 3.84. The highest BCUT2D eigenvalue weighted by Gasteiger charge is 2.18. The van der Waals surface area contributed by atoms with Gasteiger partial charge in [-0.05, 0) is 55.5 Å². The Labute approximate surface area is 155 Å². The van der Waals surface area contributed by atoms with Crippen molar-refractivity contribution in [2.24, 2.45) is 0 Å². The molecule has 0 amide bonds. The van der Waals surface area contributed by atoms with E-state index in [1.165, 1.54) is 0 Å². The summed E-state index contributed by atoms with van der Waals surface area (Å²) in [6.07, 6.45) is 1.27. The zero-order chi connectivity index (χ0) is 18.6. The standard InChI is InChI=1S/C20H16N4O3/c1-13(26-15-10-8-14(25)9-11-15)20-23-19(24-27-20)18-7-4-6-17(22-18)16-5-2-3-12-21-16/h2-13,25H,1H3. The maximum absolute atomic E-state index is 9.33. The smallest absolute Gasteiger partial charge is 0.267 e. The lowest BCUT2D eigenvalue weighted by Crippen LogP contribution is -2.03. The predicted octanol–water partition coefficient (Wildman–Crippen LogP) is 4.04. The summed E-state index contributed by atoms with van der Waals surface area (Å²) in [6, 6.07) is 17.7. The summed E-state index contributed by atoms with van der Waals surface area (Å²) in [7, 11) is 0. The van der Waals surface area contributed by atoms with Crippen LogP contribution in [0.4, 0.5) is 0 Å². The van der Waals surface area contributed by atoms with Gasteiger partial charge >= 0.3 is 0 Å². The maximum Gasteiger partial charge on any atom is 0.267 e. The number of aromatic nitrogens is 4. The van der Waals surface area contributed by atoms with Crippen molar-refractivity contribution in [1.29, 1.82) is 0 Å². The molecule has 0 fully saturated rings. The van der Waals surface area contributed by atoms with Crippen molar-refractivity contribution in [3.8, 4) is 34.4 Å². The molecule has 3 heterocycles. The Morgan fingerprint density at radius 3 is 2.44 bits per heavy atom. The van der Waals surface area contributed by atoms with Crippen LogP contribution in [0.5, 0.6) is 11.5 Å². The normalized spacial score (nSPS) is 11.9. The number of pyridine rings is 2. The molecule has 0 spiro atoms. The minimum atomic E-state index is -0.449. The molecule has 0 saturated carbocycles. The van der Waals surface area contributed by atoms with Gasteiger partial charge in [-0.25, -0.2) is 4.98 Å². The molecular formula is C20H16N4O3. The molecule has 1 aromatic carbocycles. The van der Waals surface area contributed by atoms with E-state index < -0.39 is 6.10 Å². The molecule has 4 rings (SSSR count). The van der Waals surface area contributed by atoms with E-state index in [-0.39, 0.29) is 5.75 Å². The zero-order valence-electron chi connectivity index (χ0n) is 14.5. The van der Waals surface area contributed by atoms with Crippen LogP contribution in [0.3, 0.4) is 0 Å². The van der Waals surface area contributed by atoms with Gasteiger partial charge in [0.05, 0.1) is 11.4 Å². The molecule has 134 valence electrons. The Morgan fingerprint density at radius 1 is 0.889 bits per heavy atom. The van der Waals surface area contributed by atoms with Gasteiger partial charge in [0.15, 0.2) is 6.10 Å². The topological polar surface area (TPSA) is 94.2 Å². The molecule has 1 N–H and O–H groups in total. The predicted molar refractivity (Wildman–Crippen MR) is 97.9 cm³/mol. The second-order valence-electron chi connectivity index (χ2n) is 5.83. The fraction of sp³-hybridized carbons (Fsp3) is 0.100. The average Bonchev–Trinajstić information content (AvgIpc) is 3.21. The second kappa shape index (κ2) is 7.25. The molecular weight excluding hydrogens is 344 g/mol. The van der Waals surface area contributed by atoms with Gasteiger partial charge < -0.3 is 14.4 Å². The van der Waals surface area contributed by atoms with Gasteiger partial charge in [-0.1, -0.05) is 17.3 Å². The average molecular weight is 360 g/mol. The van der Waals surface area contributed by atoms with Crippen molar-refractivity contribution in [1.82, 2.24) is 20.1 Å². The molecule has 0 radical (unpaired) electrons. The van der Waals surface area contributed by atoms with Gasteiger partial charge in [-0.3, -0.25) is 4.98 Å². The number of hydrogen-bond acceptors (Lipinski definition) is 7. The monoisotopic (exact) mass is 360 g/mol. The first-order chi connectivity index (χ1) is 13.2. The van der Waals surface area contributed by atoms with Gasteiger partial charge in [-0.15, -0.1) is 0 Å². The van der Waals surface area contributed by atoms with Crippen molar-refractivity contribution < 1.29 is 14.4 Å². The summed E-state index contributed by atoms with van der Waals surface area (Å²) in [6.45, 7) is 1.81. The van der Waals surface area contributed by atoms with Crippen molar-refractivity contribution >= 4 is 0 Å².